The Kier molecular flexibility index (Phi) is 2.67. The summed E-state index contributed by atoms with van der Waals surface area (Å²) in [5.41, 5.74) is 6.47. The van der Waals surface area contributed by atoms with E-state index in [1.54, 1.807) is 0 Å². The summed E-state index contributed by atoms with van der Waals surface area (Å²) in [5, 5.41) is 1.31. The molecule has 3 aromatic rings. The van der Waals surface area contributed by atoms with Crippen molar-refractivity contribution in [1.82, 2.24) is 4.98 Å². The number of nitrogens with one attached hydrogen (secondary N) is 1. The molecular weight excluding hydrogens is 218 g/mol. The molecule has 1 aromatic heterocycles. The molecule has 1 heterocycles. The standard InChI is InChI=1S/C17H17N/c1-3-13-4-6-14(7-5-13)15-8-9-17-16(10-15)12(2)11-18-17/h4-11,18H,3H2,1-2H3. The topological polar surface area (TPSA) is 15.8 Å². The molecule has 1 heteroatoms. The van der Waals surface area contributed by atoms with Crippen LogP contribution in [0.25, 0.3) is 22.0 Å². The quantitative estimate of drug-likeness (QED) is 0.662. The molecule has 0 atom stereocenters. The molecule has 0 spiro atoms. The van der Waals surface area contributed by atoms with Gasteiger partial charge in [0, 0.05) is 17.1 Å². The molecular formula is C17H17N. The minimum Gasteiger partial charge on any atom is -0.361 e. The first-order valence-corrected chi connectivity index (χ1v) is 6.45. The molecule has 0 radical (unpaired) electrons. The van der Waals surface area contributed by atoms with Crippen molar-refractivity contribution in [3.63, 3.8) is 0 Å². The van der Waals surface area contributed by atoms with Gasteiger partial charge >= 0.3 is 0 Å². The first-order chi connectivity index (χ1) is 8.78. The van der Waals surface area contributed by atoms with Gasteiger partial charge in [0.1, 0.15) is 0 Å². The second-order valence-corrected chi connectivity index (χ2v) is 4.78. The van der Waals surface area contributed by atoms with Gasteiger partial charge in [0.2, 0.25) is 0 Å². The number of aromatic amines is 1. The number of rotatable bonds is 2. The van der Waals surface area contributed by atoms with E-state index in [0.29, 0.717) is 0 Å². The second-order valence-electron chi connectivity index (χ2n) is 4.78. The van der Waals surface area contributed by atoms with Crippen molar-refractivity contribution in [1.29, 1.82) is 0 Å². The summed E-state index contributed by atoms with van der Waals surface area (Å²) >= 11 is 0. The van der Waals surface area contributed by atoms with E-state index in [2.05, 4.69) is 67.5 Å². The van der Waals surface area contributed by atoms with Crippen LogP contribution in [0.4, 0.5) is 0 Å². The van der Waals surface area contributed by atoms with Gasteiger partial charge in [0.25, 0.3) is 0 Å². The molecule has 1 nitrogen and oxygen atoms in total. The maximum absolute atomic E-state index is 3.28. The van der Waals surface area contributed by atoms with Crippen LogP contribution >= 0.6 is 0 Å². The molecule has 90 valence electrons. The average Bonchev–Trinajstić information content (AvgIpc) is 2.80. The zero-order valence-corrected chi connectivity index (χ0v) is 10.8. The van der Waals surface area contributed by atoms with Crippen LogP contribution in [0.2, 0.25) is 0 Å². The summed E-state index contributed by atoms with van der Waals surface area (Å²) < 4.78 is 0. The third-order valence-corrected chi connectivity index (χ3v) is 3.58. The first-order valence-electron chi connectivity index (χ1n) is 6.45. The van der Waals surface area contributed by atoms with Gasteiger partial charge in [-0.3, -0.25) is 0 Å². The molecule has 0 aliphatic rings. The molecule has 0 saturated heterocycles. The molecule has 0 amide bonds. The van der Waals surface area contributed by atoms with Gasteiger partial charge in [-0.15, -0.1) is 0 Å². The van der Waals surface area contributed by atoms with E-state index in [-0.39, 0.29) is 0 Å². The lowest BCUT2D eigenvalue weighted by molar-refractivity contribution is 1.14. The lowest BCUT2D eigenvalue weighted by Gasteiger charge is -2.04. The van der Waals surface area contributed by atoms with Crippen molar-refractivity contribution in [3.05, 3.63) is 59.8 Å². The van der Waals surface area contributed by atoms with E-state index in [4.69, 9.17) is 0 Å². The molecule has 1 N–H and O–H groups in total. The third-order valence-electron chi connectivity index (χ3n) is 3.58. The molecule has 3 rings (SSSR count). The summed E-state index contributed by atoms with van der Waals surface area (Å²) in [5.74, 6) is 0. The van der Waals surface area contributed by atoms with Crippen LogP contribution in [0.3, 0.4) is 0 Å². The van der Waals surface area contributed by atoms with Crippen LogP contribution in [0, 0.1) is 6.92 Å². The van der Waals surface area contributed by atoms with Crippen LogP contribution in [-0.2, 0) is 6.42 Å². The Morgan fingerprint density at radius 2 is 1.67 bits per heavy atom. The van der Waals surface area contributed by atoms with Crippen molar-refractivity contribution in [2.45, 2.75) is 20.3 Å². The van der Waals surface area contributed by atoms with Gasteiger partial charge in [-0.05, 0) is 47.7 Å². The lowest BCUT2D eigenvalue weighted by Crippen LogP contribution is -1.82. The van der Waals surface area contributed by atoms with Gasteiger partial charge in [-0.1, -0.05) is 37.3 Å². The van der Waals surface area contributed by atoms with E-state index in [1.807, 2.05) is 0 Å². The van der Waals surface area contributed by atoms with E-state index in [0.717, 1.165) is 6.42 Å². The first kappa shape index (κ1) is 11.1. The number of aryl methyl sites for hydroxylation is 2. The Morgan fingerprint density at radius 3 is 2.39 bits per heavy atom. The second kappa shape index (κ2) is 4.34. The lowest BCUT2D eigenvalue weighted by atomic mass is 10.0. The van der Waals surface area contributed by atoms with Gasteiger partial charge in [0.15, 0.2) is 0 Å². The van der Waals surface area contributed by atoms with E-state index in [1.165, 1.54) is 33.2 Å². The SMILES string of the molecule is CCc1ccc(-c2ccc3[nH]cc(C)c3c2)cc1. The Balaban J connectivity index is 2.09. The highest BCUT2D eigenvalue weighted by Crippen LogP contribution is 2.26. The Hall–Kier alpha value is -2.02. The van der Waals surface area contributed by atoms with E-state index in [9.17, 15) is 0 Å². The molecule has 0 unspecified atom stereocenters. The Morgan fingerprint density at radius 1 is 0.944 bits per heavy atom. The number of aromatic nitrogens is 1. The molecule has 0 saturated carbocycles. The smallest absolute Gasteiger partial charge is 0.0457 e. The average molecular weight is 235 g/mol. The monoisotopic (exact) mass is 235 g/mol. The normalized spacial score (nSPS) is 11.0. The molecule has 0 bridgehead atoms. The van der Waals surface area contributed by atoms with Gasteiger partial charge < -0.3 is 4.98 Å². The number of benzene rings is 2. The summed E-state index contributed by atoms with van der Waals surface area (Å²) in [7, 11) is 0. The van der Waals surface area contributed by atoms with E-state index >= 15 is 0 Å². The van der Waals surface area contributed by atoms with Crippen molar-refractivity contribution >= 4 is 10.9 Å². The highest BCUT2D eigenvalue weighted by molar-refractivity contribution is 5.87. The minimum atomic E-state index is 1.09. The highest BCUT2D eigenvalue weighted by atomic mass is 14.7. The molecule has 0 aliphatic heterocycles. The van der Waals surface area contributed by atoms with Crippen molar-refractivity contribution in [2.75, 3.05) is 0 Å². The highest BCUT2D eigenvalue weighted by Gasteiger charge is 2.03. The third kappa shape index (κ3) is 1.82. The molecule has 0 fully saturated rings. The summed E-state index contributed by atoms with van der Waals surface area (Å²) in [6.45, 7) is 4.33. The maximum atomic E-state index is 3.28. The number of H-pyrrole nitrogens is 1. The van der Waals surface area contributed by atoms with Crippen LogP contribution in [0.5, 0.6) is 0 Å². The van der Waals surface area contributed by atoms with Crippen LogP contribution in [0.1, 0.15) is 18.1 Å². The zero-order valence-electron chi connectivity index (χ0n) is 10.8. The predicted octanol–water partition coefficient (Wildman–Crippen LogP) is 4.71. The van der Waals surface area contributed by atoms with Gasteiger partial charge in [-0.2, -0.15) is 0 Å². The Bertz CT molecular complexity index is 674. The van der Waals surface area contributed by atoms with Crippen LogP contribution < -0.4 is 0 Å². The number of hydrogen-bond acceptors (Lipinski definition) is 0. The van der Waals surface area contributed by atoms with Crippen LogP contribution in [0.15, 0.2) is 48.7 Å². The summed E-state index contributed by atoms with van der Waals surface area (Å²) in [6.07, 6.45) is 3.16. The van der Waals surface area contributed by atoms with Crippen molar-refractivity contribution < 1.29 is 0 Å². The molecule has 0 aliphatic carbocycles. The molecule has 2 aromatic carbocycles. The largest absolute Gasteiger partial charge is 0.361 e. The summed E-state index contributed by atoms with van der Waals surface area (Å²) in [4.78, 5) is 3.28. The predicted molar refractivity (Wildman–Crippen MR) is 77.8 cm³/mol. The van der Waals surface area contributed by atoms with Crippen molar-refractivity contribution in [3.8, 4) is 11.1 Å². The van der Waals surface area contributed by atoms with Crippen molar-refractivity contribution in [2.24, 2.45) is 0 Å². The number of fused-ring (bicyclic) bond motifs is 1. The number of hydrogen-bond donors (Lipinski definition) is 1. The van der Waals surface area contributed by atoms with E-state index < -0.39 is 0 Å². The maximum Gasteiger partial charge on any atom is 0.0457 e. The fourth-order valence-electron chi connectivity index (χ4n) is 2.37. The fourth-order valence-corrected chi connectivity index (χ4v) is 2.37. The molecule has 18 heavy (non-hydrogen) atoms. The van der Waals surface area contributed by atoms with Crippen LogP contribution in [-0.4, -0.2) is 4.98 Å². The minimum absolute atomic E-state index is 1.09. The van der Waals surface area contributed by atoms with Gasteiger partial charge in [-0.25, -0.2) is 0 Å². The zero-order chi connectivity index (χ0) is 12.5. The Labute approximate surface area is 107 Å². The fraction of sp³-hybridized carbons (Fsp3) is 0.176. The summed E-state index contributed by atoms with van der Waals surface area (Å²) in [6, 6.07) is 15.4. The van der Waals surface area contributed by atoms with Gasteiger partial charge in [0.05, 0.1) is 0 Å².